The van der Waals surface area contributed by atoms with Crippen molar-refractivity contribution >= 4 is 5.91 Å². The van der Waals surface area contributed by atoms with Crippen LogP contribution in [-0.4, -0.2) is 31.5 Å². The van der Waals surface area contributed by atoms with Gasteiger partial charge in [0.2, 0.25) is 5.91 Å². The monoisotopic (exact) mass is 406 g/mol. The molecule has 0 aliphatic carbocycles. The van der Waals surface area contributed by atoms with Gasteiger partial charge in [-0.3, -0.25) is 9.69 Å². The van der Waals surface area contributed by atoms with Crippen LogP contribution in [-0.2, 0) is 22.7 Å². The summed E-state index contributed by atoms with van der Waals surface area (Å²) in [4.78, 5) is 14.6. The van der Waals surface area contributed by atoms with Gasteiger partial charge in [0.25, 0.3) is 0 Å². The number of likely N-dealkylation sites (N-methyl/N-ethyl adjacent to an activating group) is 1. The average Bonchev–Trinajstić information content (AvgIpc) is 2.76. The predicted octanol–water partition coefficient (Wildman–Crippen LogP) is 4.31. The van der Waals surface area contributed by atoms with Crippen molar-refractivity contribution in [2.45, 2.75) is 19.2 Å². The third-order valence-corrected chi connectivity index (χ3v) is 4.96. The fraction of sp³-hybridized carbons (Fsp3) is 0.240. The van der Waals surface area contributed by atoms with Crippen LogP contribution >= 0.6 is 0 Å². The minimum atomic E-state index is -0.275. The Hall–Kier alpha value is -3.02. The SMILES string of the molecule is COCc1ccc(CNC(=O)CN(C)C(c2ccccc2)c2ccc(F)cc2)cc1. The lowest BCUT2D eigenvalue weighted by Gasteiger charge is -2.28. The molecule has 1 N–H and O–H groups in total. The van der Waals surface area contributed by atoms with E-state index < -0.39 is 0 Å². The number of rotatable bonds is 9. The molecule has 0 aromatic heterocycles. The maximum atomic E-state index is 13.4. The number of ether oxygens (including phenoxy) is 1. The van der Waals surface area contributed by atoms with Crippen molar-refractivity contribution in [3.05, 3.63) is 107 Å². The van der Waals surface area contributed by atoms with E-state index in [0.29, 0.717) is 13.2 Å². The lowest BCUT2D eigenvalue weighted by molar-refractivity contribution is -0.122. The quantitative estimate of drug-likeness (QED) is 0.576. The number of carbonyl (C=O) groups excluding carboxylic acids is 1. The van der Waals surface area contributed by atoms with Gasteiger partial charge < -0.3 is 10.1 Å². The molecule has 5 heteroatoms. The van der Waals surface area contributed by atoms with Crippen molar-refractivity contribution < 1.29 is 13.9 Å². The molecule has 1 atom stereocenters. The lowest BCUT2D eigenvalue weighted by atomic mass is 9.97. The Morgan fingerprint density at radius 1 is 0.933 bits per heavy atom. The van der Waals surface area contributed by atoms with Gasteiger partial charge in [-0.2, -0.15) is 0 Å². The molecular formula is C25H27FN2O2. The molecule has 0 saturated carbocycles. The zero-order valence-electron chi connectivity index (χ0n) is 17.3. The summed E-state index contributed by atoms with van der Waals surface area (Å²) in [6.45, 7) is 1.26. The molecule has 0 aliphatic heterocycles. The van der Waals surface area contributed by atoms with Gasteiger partial charge in [-0.25, -0.2) is 4.39 Å². The number of hydrogen-bond acceptors (Lipinski definition) is 3. The first kappa shape index (κ1) is 21.7. The Bertz CT molecular complexity index is 928. The Balaban J connectivity index is 1.65. The number of nitrogens with one attached hydrogen (secondary N) is 1. The molecule has 0 radical (unpaired) electrons. The van der Waals surface area contributed by atoms with E-state index in [9.17, 15) is 9.18 Å². The van der Waals surface area contributed by atoms with Crippen LogP contribution in [0.25, 0.3) is 0 Å². The summed E-state index contributed by atoms with van der Waals surface area (Å²) in [6.07, 6.45) is 0. The number of amides is 1. The summed E-state index contributed by atoms with van der Waals surface area (Å²) < 4.78 is 18.5. The summed E-state index contributed by atoms with van der Waals surface area (Å²) >= 11 is 0. The van der Waals surface area contributed by atoms with E-state index in [-0.39, 0.29) is 24.3 Å². The summed E-state index contributed by atoms with van der Waals surface area (Å²) in [5, 5.41) is 2.98. The van der Waals surface area contributed by atoms with E-state index in [4.69, 9.17) is 4.74 Å². The highest BCUT2D eigenvalue weighted by atomic mass is 19.1. The highest BCUT2D eigenvalue weighted by Crippen LogP contribution is 2.27. The minimum Gasteiger partial charge on any atom is -0.380 e. The molecule has 4 nitrogen and oxygen atoms in total. The average molecular weight is 407 g/mol. The van der Waals surface area contributed by atoms with Crippen molar-refractivity contribution in [3.8, 4) is 0 Å². The molecule has 0 saturated heterocycles. The molecule has 1 unspecified atom stereocenters. The third-order valence-electron chi connectivity index (χ3n) is 4.96. The van der Waals surface area contributed by atoms with Crippen LogP contribution in [0.15, 0.2) is 78.9 Å². The van der Waals surface area contributed by atoms with Crippen LogP contribution < -0.4 is 5.32 Å². The fourth-order valence-electron chi connectivity index (χ4n) is 3.48. The molecule has 1 amide bonds. The molecule has 0 bridgehead atoms. The number of halogens is 1. The summed E-state index contributed by atoms with van der Waals surface area (Å²) in [6, 6.07) is 24.2. The number of carbonyl (C=O) groups is 1. The van der Waals surface area contributed by atoms with Crippen molar-refractivity contribution in [1.82, 2.24) is 10.2 Å². The zero-order valence-corrected chi connectivity index (χ0v) is 17.3. The second-order valence-corrected chi connectivity index (χ2v) is 7.31. The Morgan fingerprint density at radius 3 is 2.17 bits per heavy atom. The molecule has 0 aliphatic rings. The van der Waals surface area contributed by atoms with Crippen LogP contribution in [0, 0.1) is 5.82 Å². The second-order valence-electron chi connectivity index (χ2n) is 7.31. The van der Waals surface area contributed by atoms with E-state index in [1.54, 1.807) is 19.2 Å². The maximum absolute atomic E-state index is 13.4. The van der Waals surface area contributed by atoms with Crippen molar-refractivity contribution in [2.24, 2.45) is 0 Å². The molecule has 30 heavy (non-hydrogen) atoms. The Labute approximate surface area is 177 Å². The van der Waals surface area contributed by atoms with E-state index in [1.165, 1.54) is 12.1 Å². The molecule has 0 spiro atoms. The topological polar surface area (TPSA) is 41.6 Å². The first-order valence-electron chi connectivity index (χ1n) is 9.91. The van der Waals surface area contributed by atoms with E-state index in [0.717, 1.165) is 22.3 Å². The molecule has 0 heterocycles. The van der Waals surface area contributed by atoms with Gasteiger partial charge in [0.1, 0.15) is 5.82 Å². The zero-order chi connectivity index (χ0) is 21.3. The second kappa shape index (κ2) is 10.7. The van der Waals surface area contributed by atoms with Crippen LogP contribution in [0.1, 0.15) is 28.3 Å². The molecule has 0 fully saturated rings. The Morgan fingerprint density at radius 2 is 1.53 bits per heavy atom. The first-order valence-corrected chi connectivity index (χ1v) is 9.91. The molecule has 3 rings (SSSR count). The largest absolute Gasteiger partial charge is 0.380 e. The van der Waals surface area contributed by atoms with Gasteiger partial charge in [-0.1, -0.05) is 66.7 Å². The van der Waals surface area contributed by atoms with Crippen LogP contribution in [0.4, 0.5) is 4.39 Å². The standard InChI is InChI=1S/C25H27FN2O2/c1-28(17-24(29)27-16-19-8-10-20(11-9-19)18-30-2)25(21-6-4-3-5-7-21)22-12-14-23(26)15-13-22/h3-15,25H,16-18H2,1-2H3,(H,27,29). The summed E-state index contributed by atoms with van der Waals surface area (Å²) in [5.41, 5.74) is 4.11. The fourth-order valence-corrected chi connectivity index (χ4v) is 3.48. The lowest BCUT2D eigenvalue weighted by Crippen LogP contribution is -2.37. The minimum absolute atomic E-state index is 0.0680. The van der Waals surface area contributed by atoms with Crippen molar-refractivity contribution in [3.63, 3.8) is 0 Å². The molecular weight excluding hydrogens is 379 g/mol. The van der Waals surface area contributed by atoms with Gasteiger partial charge >= 0.3 is 0 Å². The summed E-state index contributed by atoms with van der Waals surface area (Å²) in [5.74, 6) is -0.344. The number of hydrogen-bond donors (Lipinski definition) is 1. The van der Waals surface area contributed by atoms with E-state index in [1.807, 2.05) is 66.5 Å². The number of methoxy groups -OCH3 is 1. The van der Waals surface area contributed by atoms with E-state index in [2.05, 4.69) is 5.32 Å². The summed E-state index contributed by atoms with van der Waals surface area (Å²) in [7, 11) is 3.57. The third kappa shape index (κ3) is 5.99. The highest BCUT2D eigenvalue weighted by Gasteiger charge is 2.21. The predicted molar refractivity (Wildman–Crippen MR) is 116 cm³/mol. The van der Waals surface area contributed by atoms with Crippen LogP contribution in [0.3, 0.4) is 0 Å². The molecule has 3 aromatic carbocycles. The van der Waals surface area contributed by atoms with Gasteiger partial charge in [0.15, 0.2) is 0 Å². The van der Waals surface area contributed by atoms with Crippen LogP contribution in [0.5, 0.6) is 0 Å². The van der Waals surface area contributed by atoms with Crippen LogP contribution in [0.2, 0.25) is 0 Å². The highest BCUT2D eigenvalue weighted by molar-refractivity contribution is 5.78. The van der Waals surface area contributed by atoms with E-state index >= 15 is 0 Å². The van der Waals surface area contributed by atoms with Gasteiger partial charge in [0, 0.05) is 13.7 Å². The normalized spacial score (nSPS) is 12.0. The maximum Gasteiger partial charge on any atom is 0.234 e. The number of benzene rings is 3. The van der Waals surface area contributed by atoms with Gasteiger partial charge in [0.05, 0.1) is 19.2 Å². The molecule has 156 valence electrons. The first-order chi connectivity index (χ1) is 14.6. The van der Waals surface area contributed by atoms with Gasteiger partial charge in [-0.15, -0.1) is 0 Å². The van der Waals surface area contributed by atoms with Crippen molar-refractivity contribution in [1.29, 1.82) is 0 Å². The van der Waals surface area contributed by atoms with Gasteiger partial charge in [-0.05, 0) is 41.4 Å². The smallest absolute Gasteiger partial charge is 0.234 e. The van der Waals surface area contributed by atoms with Crippen molar-refractivity contribution in [2.75, 3.05) is 20.7 Å². The number of nitrogens with zero attached hydrogens (tertiary/aromatic N) is 1. The molecule has 3 aromatic rings. The Kier molecular flexibility index (Phi) is 7.71.